The Hall–Kier alpha value is -1.22. The fourth-order valence-electron chi connectivity index (χ4n) is 2.41. The quantitative estimate of drug-likeness (QED) is 0.850. The fraction of sp³-hybridized carbons (Fsp3) is 0.533. The maximum Gasteiger partial charge on any atom is 0.263 e. The third-order valence-corrected chi connectivity index (χ3v) is 3.69. The first-order valence-corrected chi connectivity index (χ1v) is 7.15. The molecule has 0 unspecified atom stereocenters. The van der Waals surface area contributed by atoms with Gasteiger partial charge in [0, 0.05) is 18.1 Å². The number of halogens is 1. The number of benzene rings is 1. The summed E-state index contributed by atoms with van der Waals surface area (Å²) in [5, 5.41) is 0.663. The Morgan fingerprint density at radius 1 is 1.42 bits per heavy atom. The van der Waals surface area contributed by atoms with Crippen molar-refractivity contribution in [2.45, 2.75) is 32.8 Å². The van der Waals surface area contributed by atoms with E-state index in [0.717, 1.165) is 19.5 Å². The standard InChI is InChI=1S/C15H20ClNO2/c1-11-4-3-9-17(10-11)15(18)12(2)19-14-7-5-13(16)6-8-14/h5-8,11-12H,3-4,9-10H2,1-2H3/t11-,12+/m0/s1. The molecule has 0 radical (unpaired) electrons. The predicted octanol–water partition coefficient (Wildman–Crippen LogP) is 3.37. The van der Waals surface area contributed by atoms with Crippen molar-refractivity contribution in [3.05, 3.63) is 29.3 Å². The highest BCUT2D eigenvalue weighted by Gasteiger charge is 2.25. The van der Waals surface area contributed by atoms with Gasteiger partial charge in [-0.15, -0.1) is 0 Å². The van der Waals surface area contributed by atoms with Gasteiger partial charge in [-0.05, 0) is 49.9 Å². The number of rotatable bonds is 3. The van der Waals surface area contributed by atoms with Crippen molar-refractivity contribution in [2.75, 3.05) is 13.1 Å². The summed E-state index contributed by atoms with van der Waals surface area (Å²) in [6.07, 6.45) is 1.84. The van der Waals surface area contributed by atoms with Crippen LogP contribution >= 0.6 is 11.6 Å². The Labute approximate surface area is 119 Å². The minimum atomic E-state index is -0.452. The van der Waals surface area contributed by atoms with Crippen LogP contribution in [0.25, 0.3) is 0 Å². The van der Waals surface area contributed by atoms with Crippen molar-refractivity contribution >= 4 is 17.5 Å². The van der Waals surface area contributed by atoms with Crippen LogP contribution in [0.4, 0.5) is 0 Å². The Kier molecular flexibility index (Phi) is 4.70. The molecule has 0 saturated carbocycles. The van der Waals surface area contributed by atoms with Crippen LogP contribution in [0.3, 0.4) is 0 Å². The van der Waals surface area contributed by atoms with Crippen molar-refractivity contribution < 1.29 is 9.53 Å². The molecule has 1 fully saturated rings. The molecule has 1 aliphatic heterocycles. The molecule has 1 saturated heterocycles. The van der Waals surface area contributed by atoms with Crippen molar-refractivity contribution in [1.82, 2.24) is 4.90 Å². The monoisotopic (exact) mass is 281 g/mol. The average Bonchev–Trinajstić information content (AvgIpc) is 2.40. The van der Waals surface area contributed by atoms with Gasteiger partial charge in [0.05, 0.1) is 0 Å². The van der Waals surface area contributed by atoms with Crippen LogP contribution in [0, 0.1) is 5.92 Å². The van der Waals surface area contributed by atoms with Crippen molar-refractivity contribution in [1.29, 1.82) is 0 Å². The second-order valence-corrected chi connectivity index (χ2v) is 5.68. The Bertz CT molecular complexity index is 432. The zero-order valence-corrected chi connectivity index (χ0v) is 12.2. The van der Waals surface area contributed by atoms with E-state index in [1.807, 2.05) is 4.90 Å². The maximum absolute atomic E-state index is 12.3. The maximum atomic E-state index is 12.3. The van der Waals surface area contributed by atoms with Crippen molar-refractivity contribution in [3.63, 3.8) is 0 Å². The zero-order valence-electron chi connectivity index (χ0n) is 11.4. The predicted molar refractivity (Wildman–Crippen MR) is 76.5 cm³/mol. The number of likely N-dealkylation sites (tertiary alicyclic amines) is 1. The molecule has 1 amide bonds. The fourth-order valence-corrected chi connectivity index (χ4v) is 2.54. The summed E-state index contributed by atoms with van der Waals surface area (Å²) in [7, 11) is 0. The van der Waals surface area contributed by atoms with E-state index in [1.54, 1.807) is 31.2 Å². The first kappa shape index (κ1) is 14.2. The summed E-state index contributed by atoms with van der Waals surface area (Å²) in [4.78, 5) is 14.2. The van der Waals surface area contributed by atoms with Crippen LogP contribution in [0.5, 0.6) is 5.75 Å². The number of carbonyl (C=O) groups is 1. The highest BCUT2D eigenvalue weighted by molar-refractivity contribution is 6.30. The first-order chi connectivity index (χ1) is 9.06. The van der Waals surface area contributed by atoms with Gasteiger partial charge >= 0.3 is 0 Å². The second kappa shape index (κ2) is 6.29. The van der Waals surface area contributed by atoms with Crippen LogP contribution in [0.1, 0.15) is 26.7 Å². The van der Waals surface area contributed by atoms with E-state index in [9.17, 15) is 4.79 Å². The largest absolute Gasteiger partial charge is 0.481 e. The van der Waals surface area contributed by atoms with Crippen LogP contribution in [-0.2, 0) is 4.79 Å². The molecule has 1 heterocycles. The average molecular weight is 282 g/mol. The van der Waals surface area contributed by atoms with Crippen LogP contribution in [-0.4, -0.2) is 30.0 Å². The third kappa shape index (κ3) is 3.87. The topological polar surface area (TPSA) is 29.5 Å². The Morgan fingerprint density at radius 2 is 2.11 bits per heavy atom. The molecule has 0 aliphatic carbocycles. The molecule has 1 aromatic carbocycles. The van der Waals surface area contributed by atoms with Crippen LogP contribution in [0.2, 0.25) is 5.02 Å². The summed E-state index contributed by atoms with van der Waals surface area (Å²) in [6, 6.07) is 7.09. The number of hydrogen-bond donors (Lipinski definition) is 0. The third-order valence-electron chi connectivity index (χ3n) is 3.44. The number of nitrogens with zero attached hydrogens (tertiary/aromatic N) is 1. The number of carbonyl (C=O) groups excluding carboxylic acids is 1. The van der Waals surface area contributed by atoms with Gasteiger partial charge in [-0.1, -0.05) is 18.5 Å². The second-order valence-electron chi connectivity index (χ2n) is 5.25. The minimum absolute atomic E-state index is 0.0708. The van der Waals surface area contributed by atoms with E-state index in [2.05, 4.69) is 6.92 Å². The smallest absolute Gasteiger partial charge is 0.263 e. The minimum Gasteiger partial charge on any atom is -0.481 e. The Morgan fingerprint density at radius 3 is 2.74 bits per heavy atom. The molecule has 3 nitrogen and oxygen atoms in total. The van der Waals surface area contributed by atoms with Crippen molar-refractivity contribution in [3.8, 4) is 5.75 Å². The van der Waals surface area contributed by atoms with Gasteiger partial charge < -0.3 is 9.64 Å². The molecular weight excluding hydrogens is 262 g/mol. The summed E-state index contributed by atoms with van der Waals surface area (Å²) in [6.45, 7) is 5.67. The van der Waals surface area contributed by atoms with Gasteiger partial charge in [-0.25, -0.2) is 0 Å². The molecule has 104 valence electrons. The number of amides is 1. The molecule has 0 bridgehead atoms. The van der Waals surface area contributed by atoms with Gasteiger partial charge in [0.2, 0.25) is 0 Å². The Balaban J connectivity index is 1.93. The van der Waals surface area contributed by atoms with Gasteiger partial charge in [-0.2, -0.15) is 0 Å². The van der Waals surface area contributed by atoms with Gasteiger partial charge in [0.15, 0.2) is 6.10 Å². The highest BCUT2D eigenvalue weighted by atomic mass is 35.5. The van der Waals surface area contributed by atoms with Gasteiger partial charge in [0.25, 0.3) is 5.91 Å². The molecule has 1 aliphatic rings. The summed E-state index contributed by atoms with van der Waals surface area (Å²) in [5.74, 6) is 1.33. The highest BCUT2D eigenvalue weighted by Crippen LogP contribution is 2.19. The molecule has 1 aromatic rings. The van der Waals surface area contributed by atoms with Crippen LogP contribution in [0.15, 0.2) is 24.3 Å². The van der Waals surface area contributed by atoms with Gasteiger partial charge in [-0.3, -0.25) is 4.79 Å². The summed E-state index contributed by atoms with van der Waals surface area (Å²) < 4.78 is 5.67. The SMILES string of the molecule is C[C@H]1CCCN(C(=O)[C@@H](C)Oc2ccc(Cl)cc2)C1. The van der Waals surface area contributed by atoms with E-state index >= 15 is 0 Å². The number of ether oxygens (including phenoxy) is 1. The summed E-state index contributed by atoms with van der Waals surface area (Å²) >= 11 is 5.82. The molecule has 0 aromatic heterocycles. The first-order valence-electron chi connectivity index (χ1n) is 6.77. The lowest BCUT2D eigenvalue weighted by atomic mass is 10.00. The van der Waals surface area contributed by atoms with E-state index < -0.39 is 6.10 Å². The summed E-state index contributed by atoms with van der Waals surface area (Å²) in [5.41, 5.74) is 0. The lowest BCUT2D eigenvalue weighted by Gasteiger charge is -2.32. The zero-order chi connectivity index (χ0) is 13.8. The molecule has 0 N–H and O–H groups in total. The molecule has 19 heavy (non-hydrogen) atoms. The van der Waals surface area contributed by atoms with Gasteiger partial charge in [0.1, 0.15) is 5.75 Å². The lowest BCUT2D eigenvalue weighted by Crippen LogP contribution is -2.45. The van der Waals surface area contributed by atoms with Crippen LogP contribution < -0.4 is 4.74 Å². The molecule has 4 heteroatoms. The molecule has 0 spiro atoms. The molecular formula is C15H20ClNO2. The van der Waals surface area contributed by atoms with E-state index in [4.69, 9.17) is 16.3 Å². The lowest BCUT2D eigenvalue weighted by molar-refractivity contribution is -0.139. The van der Waals surface area contributed by atoms with E-state index in [1.165, 1.54) is 6.42 Å². The number of piperidine rings is 1. The van der Waals surface area contributed by atoms with Crippen molar-refractivity contribution in [2.24, 2.45) is 5.92 Å². The number of hydrogen-bond acceptors (Lipinski definition) is 2. The molecule has 2 rings (SSSR count). The molecule has 2 atom stereocenters. The van der Waals surface area contributed by atoms with E-state index in [0.29, 0.717) is 16.7 Å². The normalized spacial score (nSPS) is 21.0. The van der Waals surface area contributed by atoms with E-state index in [-0.39, 0.29) is 5.91 Å².